The molecule has 0 unspecified atom stereocenters. The molecule has 0 aromatic heterocycles. The van der Waals surface area contributed by atoms with Crippen LogP contribution in [0.1, 0.15) is 12.5 Å². The Morgan fingerprint density at radius 3 is 2.39 bits per heavy atom. The van der Waals surface area contributed by atoms with E-state index in [9.17, 15) is 9.59 Å². The van der Waals surface area contributed by atoms with E-state index in [1.54, 1.807) is 19.1 Å². The van der Waals surface area contributed by atoms with E-state index < -0.39 is 6.09 Å². The van der Waals surface area contributed by atoms with Gasteiger partial charge in [0, 0.05) is 5.69 Å². The molecular weight excluding hydrogens is 298 g/mol. The zero-order valence-electron chi connectivity index (χ0n) is 10.5. The highest BCUT2D eigenvalue weighted by molar-refractivity contribution is 9.09. The average Bonchev–Trinajstić information content (AvgIpc) is 2.37. The number of anilines is 1. The highest BCUT2D eigenvalue weighted by Crippen LogP contribution is 2.16. The van der Waals surface area contributed by atoms with Gasteiger partial charge in [-0.25, -0.2) is 4.79 Å². The number of nitrogens with zero attached hydrogens (tertiary/aromatic N) is 1. The number of aryl methyl sites for hydroxylation is 1. The lowest BCUT2D eigenvalue weighted by molar-refractivity contribution is -0.115. The van der Waals surface area contributed by atoms with Crippen LogP contribution >= 0.6 is 15.9 Å². The summed E-state index contributed by atoms with van der Waals surface area (Å²) in [5, 5.41) is 0.217. The van der Waals surface area contributed by atoms with E-state index >= 15 is 0 Å². The molecule has 1 aromatic rings. The van der Waals surface area contributed by atoms with E-state index in [4.69, 9.17) is 4.74 Å². The number of carbonyl (C=O) groups is 2. The molecule has 0 radical (unpaired) electrons. The van der Waals surface area contributed by atoms with Gasteiger partial charge in [-0.2, -0.15) is 0 Å². The number of rotatable bonds is 5. The number of hydrogen-bond acceptors (Lipinski definition) is 3. The summed E-state index contributed by atoms with van der Waals surface area (Å²) in [5.41, 5.74) is 1.75. The first-order valence-electron chi connectivity index (χ1n) is 5.67. The third-order valence-corrected chi connectivity index (χ3v) is 2.94. The Bertz CT molecular complexity index is 417. The van der Waals surface area contributed by atoms with Crippen LogP contribution in [0.5, 0.6) is 0 Å². The van der Waals surface area contributed by atoms with Crippen molar-refractivity contribution in [1.82, 2.24) is 0 Å². The normalized spacial score (nSPS) is 9.94. The number of amides is 1. The average molecular weight is 314 g/mol. The molecule has 98 valence electrons. The van der Waals surface area contributed by atoms with Gasteiger partial charge in [-0.1, -0.05) is 33.6 Å². The Kier molecular flexibility index (Phi) is 5.85. The Labute approximate surface area is 115 Å². The van der Waals surface area contributed by atoms with Crippen molar-refractivity contribution in [3.8, 4) is 0 Å². The first kappa shape index (κ1) is 14.7. The number of ketones is 1. The molecule has 0 spiro atoms. The zero-order valence-corrected chi connectivity index (χ0v) is 12.1. The molecule has 0 aliphatic heterocycles. The summed E-state index contributed by atoms with van der Waals surface area (Å²) in [5.74, 6) is -0.0800. The zero-order chi connectivity index (χ0) is 13.5. The third kappa shape index (κ3) is 4.14. The maximum atomic E-state index is 11.8. The molecule has 0 atom stereocenters. The monoisotopic (exact) mass is 313 g/mol. The summed E-state index contributed by atoms with van der Waals surface area (Å²) in [7, 11) is 0. The molecule has 4 nitrogen and oxygen atoms in total. The SMILES string of the molecule is CCOC(=O)N(CC(=O)CBr)c1ccc(C)cc1. The van der Waals surface area contributed by atoms with E-state index in [1.165, 1.54) is 4.90 Å². The molecule has 0 saturated carbocycles. The van der Waals surface area contributed by atoms with Crippen LogP contribution in [0.15, 0.2) is 24.3 Å². The van der Waals surface area contributed by atoms with Gasteiger partial charge in [0.15, 0.2) is 5.78 Å². The molecule has 0 aliphatic carbocycles. The van der Waals surface area contributed by atoms with Crippen molar-refractivity contribution in [2.45, 2.75) is 13.8 Å². The highest BCUT2D eigenvalue weighted by Gasteiger charge is 2.19. The van der Waals surface area contributed by atoms with Crippen LogP contribution in [0.4, 0.5) is 10.5 Å². The first-order chi connectivity index (χ1) is 8.58. The van der Waals surface area contributed by atoms with Crippen molar-refractivity contribution in [3.05, 3.63) is 29.8 Å². The molecular formula is C13H16BrNO3. The van der Waals surface area contributed by atoms with Gasteiger partial charge >= 0.3 is 6.09 Å². The molecule has 0 saturated heterocycles. The minimum absolute atomic E-state index is 0.00709. The minimum atomic E-state index is -0.504. The molecule has 0 aliphatic rings. The van der Waals surface area contributed by atoms with E-state index in [0.717, 1.165) is 5.56 Å². The minimum Gasteiger partial charge on any atom is -0.449 e. The molecule has 1 rings (SSSR count). The fraction of sp³-hybridized carbons (Fsp3) is 0.385. The molecule has 0 N–H and O–H groups in total. The van der Waals surface area contributed by atoms with Gasteiger partial charge < -0.3 is 4.74 Å². The Morgan fingerprint density at radius 2 is 1.89 bits per heavy atom. The van der Waals surface area contributed by atoms with Crippen molar-refractivity contribution in [3.63, 3.8) is 0 Å². The number of benzene rings is 1. The van der Waals surface area contributed by atoms with Gasteiger partial charge in [-0.15, -0.1) is 0 Å². The second-order valence-corrected chi connectivity index (χ2v) is 4.35. The first-order valence-corrected chi connectivity index (χ1v) is 6.79. The summed E-state index contributed by atoms with van der Waals surface area (Å²) in [6.07, 6.45) is -0.504. The topological polar surface area (TPSA) is 46.6 Å². The fourth-order valence-corrected chi connectivity index (χ4v) is 1.58. The van der Waals surface area contributed by atoms with E-state index in [-0.39, 0.29) is 24.3 Å². The second kappa shape index (κ2) is 7.16. The number of alkyl halides is 1. The summed E-state index contributed by atoms with van der Waals surface area (Å²) in [4.78, 5) is 24.6. The summed E-state index contributed by atoms with van der Waals surface area (Å²) in [6.45, 7) is 3.98. The predicted octanol–water partition coefficient (Wildman–Crippen LogP) is 2.92. The molecule has 0 heterocycles. The molecule has 0 bridgehead atoms. The van der Waals surface area contributed by atoms with Gasteiger partial charge in [0.25, 0.3) is 0 Å². The maximum Gasteiger partial charge on any atom is 0.414 e. The highest BCUT2D eigenvalue weighted by atomic mass is 79.9. The number of ether oxygens (including phenoxy) is 1. The van der Waals surface area contributed by atoms with E-state index in [0.29, 0.717) is 5.69 Å². The van der Waals surface area contributed by atoms with Crippen LogP contribution in [0.3, 0.4) is 0 Å². The van der Waals surface area contributed by atoms with Crippen molar-refractivity contribution >= 4 is 33.5 Å². The molecule has 5 heteroatoms. The molecule has 1 amide bonds. The maximum absolute atomic E-state index is 11.8. The van der Waals surface area contributed by atoms with Crippen molar-refractivity contribution in [2.75, 3.05) is 23.4 Å². The van der Waals surface area contributed by atoms with Gasteiger partial charge in [0.2, 0.25) is 0 Å². The van der Waals surface area contributed by atoms with E-state index in [1.807, 2.05) is 19.1 Å². The Balaban J connectivity index is 2.92. The van der Waals surface area contributed by atoms with Crippen LogP contribution in [0.25, 0.3) is 0 Å². The number of carbonyl (C=O) groups excluding carboxylic acids is 2. The van der Waals surface area contributed by atoms with Crippen molar-refractivity contribution in [1.29, 1.82) is 0 Å². The summed E-state index contributed by atoms with van der Waals surface area (Å²) >= 11 is 3.09. The molecule has 18 heavy (non-hydrogen) atoms. The number of Topliss-reactive ketones (excluding diaryl/α,β-unsaturated/α-hetero) is 1. The van der Waals surface area contributed by atoms with E-state index in [2.05, 4.69) is 15.9 Å². The quantitative estimate of drug-likeness (QED) is 0.785. The summed E-state index contributed by atoms with van der Waals surface area (Å²) < 4.78 is 4.95. The smallest absolute Gasteiger partial charge is 0.414 e. The third-order valence-electron chi connectivity index (χ3n) is 2.32. The van der Waals surface area contributed by atoms with Crippen LogP contribution in [0, 0.1) is 6.92 Å². The van der Waals surface area contributed by atoms with Crippen molar-refractivity contribution in [2.24, 2.45) is 0 Å². The Morgan fingerprint density at radius 1 is 1.28 bits per heavy atom. The van der Waals surface area contributed by atoms with Gasteiger partial charge in [-0.05, 0) is 26.0 Å². The largest absolute Gasteiger partial charge is 0.449 e. The molecule has 1 aromatic carbocycles. The predicted molar refractivity (Wildman–Crippen MR) is 74.3 cm³/mol. The van der Waals surface area contributed by atoms with Crippen LogP contribution in [0.2, 0.25) is 0 Å². The van der Waals surface area contributed by atoms with Crippen LogP contribution < -0.4 is 4.90 Å². The lowest BCUT2D eigenvalue weighted by atomic mass is 10.2. The van der Waals surface area contributed by atoms with Crippen LogP contribution in [-0.4, -0.2) is 30.4 Å². The number of halogens is 1. The standard InChI is InChI=1S/C13H16BrNO3/c1-3-18-13(17)15(9-12(16)8-14)11-6-4-10(2)5-7-11/h4-7H,3,8-9H2,1-2H3. The van der Waals surface area contributed by atoms with Gasteiger partial charge in [0.05, 0.1) is 18.5 Å². The lowest BCUT2D eigenvalue weighted by Gasteiger charge is -2.21. The van der Waals surface area contributed by atoms with Crippen molar-refractivity contribution < 1.29 is 14.3 Å². The van der Waals surface area contributed by atoms with Gasteiger partial charge in [-0.3, -0.25) is 9.69 Å². The lowest BCUT2D eigenvalue weighted by Crippen LogP contribution is -2.36. The second-order valence-electron chi connectivity index (χ2n) is 3.79. The molecule has 0 fully saturated rings. The Hall–Kier alpha value is -1.36. The summed E-state index contributed by atoms with van der Waals surface area (Å²) in [6, 6.07) is 7.38. The number of hydrogen-bond donors (Lipinski definition) is 0. The fourth-order valence-electron chi connectivity index (χ4n) is 1.41. The van der Waals surface area contributed by atoms with Gasteiger partial charge in [0.1, 0.15) is 0 Å². The van der Waals surface area contributed by atoms with Crippen LogP contribution in [-0.2, 0) is 9.53 Å².